The fraction of sp³-hybridized carbons (Fsp3) is 0.600. The van der Waals surface area contributed by atoms with Crippen molar-refractivity contribution in [2.45, 2.75) is 26.7 Å². The topological polar surface area (TPSA) is 85.6 Å². The molecule has 0 spiro atoms. The van der Waals surface area contributed by atoms with Crippen molar-refractivity contribution >= 4 is 11.7 Å². The first-order valence-electron chi connectivity index (χ1n) is 10.2. The van der Waals surface area contributed by atoms with E-state index in [9.17, 15) is 4.79 Å². The van der Waals surface area contributed by atoms with Crippen LogP contribution in [0.15, 0.2) is 12.4 Å². The van der Waals surface area contributed by atoms with Crippen LogP contribution in [0.4, 0.5) is 5.82 Å². The summed E-state index contributed by atoms with van der Waals surface area (Å²) in [4.78, 5) is 25.4. The molecule has 0 unspecified atom stereocenters. The monoisotopic (exact) mass is 400 g/mol. The third-order valence-corrected chi connectivity index (χ3v) is 5.58. The molecule has 0 N–H and O–H groups in total. The average molecular weight is 400 g/mol. The lowest BCUT2D eigenvalue weighted by molar-refractivity contribution is -0.135. The second-order valence-electron chi connectivity index (χ2n) is 7.39. The summed E-state index contributed by atoms with van der Waals surface area (Å²) in [5, 5.41) is 4.70. The highest BCUT2D eigenvalue weighted by molar-refractivity contribution is 5.76. The number of hydrogen-bond donors (Lipinski definition) is 0. The lowest BCUT2D eigenvalue weighted by Crippen LogP contribution is -2.40. The van der Waals surface area contributed by atoms with Gasteiger partial charge in [0.1, 0.15) is 12.1 Å². The van der Waals surface area contributed by atoms with Crippen LogP contribution in [-0.2, 0) is 20.7 Å². The molecule has 2 fully saturated rings. The van der Waals surface area contributed by atoms with E-state index in [1.165, 1.54) is 0 Å². The van der Waals surface area contributed by atoms with Gasteiger partial charge in [-0.25, -0.2) is 14.6 Å². The van der Waals surface area contributed by atoms with Crippen molar-refractivity contribution in [3.63, 3.8) is 0 Å². The Balaban J connectivity index is 1.49. The Morgan fingerprint density at radius 1 is 1.00 bits per heavy atom. The van der Waals surface area contributed by atoms with E-state index in [4.69, 9.17) is 14.6 Å². The zero-order chi connectivity index (χ0) is 20.2. The highest BCUT2D eigenvalue weighted by atomic mass is 16.5. The van der Waals surface area contributed by atoms with Crippen molar-refractivity contribution in [3.8, 4) is 5.82 Å². The van der Waals surface area contributed by atoms with Gasteiger partial charge in [-0.1, -0.05) is 0 Å². The van der Waals surface area contributed by atoms with Gasteiger partial charge in [0, 0.05) is 44.4 Å². The van der Waals surface area contributed by atoms with Crippen molar-refractivity contribution in [2.24, 2.45) is 0 Å². The molecule has 4 rings (SSSR count). The van der Waals surface area contributed by atoms with Gasteiger partial charge in [-0.05, 0) is 25.8 Å². The number of rotatable bonds is 5. The molecule has 2 aliphatic heterocycles. The summed E-state index contributed by atoms with van der Waals surface area (Å²) in [6, 6.07) is 1.97. The molecule has 29 heavy (non-hydrogen) atoms. The van der Waals surface area contributed by atoms with Crippen LogP contribution in [0.5, 0.6) is 0 Å². The summed E-state index contributed by atoms with van der Waals surface area (Å²) < 4.78 is 12.6. The number of carbonyl (C=O) groups excluding carboxylic acids is 1. The van der Waals surface area contributed by atoms with E-state index in [2.05, 4.69) is 14.9 Å². The Labute approximate surface area is 170 Å². The average Bonchev–Trinajstić information content (AvgIpc) is 3.06. The number of ether oxygens (including phenoxy) is 2. The Bertz CT molecular complexity index is 856. The largest absolute Gasteiger partial charge is 0.378 e. The third kappa shape index (κ3) is 4.40. The van der Waals surface area contributed by atoms with Crippen molar-refractivity contribution < 1.29 is 14.3 Å². The molecule has 2 aromatic rings. The predicted molar refractivity (Wildman–Crippen MR) is 107 cm³/mol. The molecule has 0 radical (unpaired) electrons. The summed E-state index contributed by atoms with van der Waals surface area (Å²) in [6.45, 7) is 9.70. The van der Waals surface area contributed by atoms with E-state index in [1.807, 2.05) is 29.5 Å². The van der Waals surface area contributed by atoms with E-state index in [-0.39, 0.29) is 5.91 Å². The van der Waals surface area contributed by atoms with E-state index in [0.29, 0.717) is 52.4 Å². The molecule has 9 heteroatoms. The minimum Gasteiger partial charge on any atom is -0.378 e. The van der Waals surface area contributed by atoms with Gasteiger partial charge in [-0.2, -0.15) is 5.10 Å². The minimum absolute atomic E-state index is 0.177. The van der Waals surface area contributed by atoms with Crippen LogP contribution in [0, 0.1) is 13.8 Å². The highest BCUT2D eigenvalue weighted by Gasteiger charge is 2.20. The number of amides is 1. The zero-order valence-electron chi connectivity index (χ0n) is 17.1. The molecule has 0 aromatic carbocycles. The Morgan fingerprint density at radius 2 is 1.66 bits per heavy atom. The van der Waals surface area contributed by atoms with Gasteiger partial charge >= 0.3 is 0 Å². The number of anilines is 1. The van der Waals surface area contributed by atoms with Gasteiger partial charge in [-0.3, -0.25) is 4.79 Å². The third-order valence-electron chi connectivity index (χ3n) is 5.58. The maximum atomic E-state index is 12.5. The van der Waals surface area contributed by atoms with Crippen LogP contribution in [0.25, 0.3) is 5.82 Å². The number of aryl methyl sites for hydroxylation is 1. The quantitative estimate of drug-likeness (QED) is 0.737. The molecule has 1 amide bonds. The van der Waals surface area contributed by atoms with E-state index >= 15 is 0 Å². The molecule has 0 atom stereocenters. The fourth-order valence-electron chi connectivity index (χ4n) is 3.88. The molecule has 156 valence electrons. The van der Waals surface area contributed by atoms with Gasteiger partial charge in [-0.15, -0.1) is 0 Å². The minimum atomic E-state index is 0.177. The van der Waals surface area contributed by atoms with E-state index < -0.39 is 0 Å². The predicted octanol–water partition coefficient (Wildman–Crippen LogP) is 0.907. The number of morpholine rings is 2. The van der Waals surface area contributed by atoms with Gasteiger partial charge in [0.2, 0.25) is 5.91 Å². The van der Waals surface area contributed by atoms with Crippen LogP contribution in [0.3, 0.4) is 0 Å². The summed E-state index contributed by atoms with van der Waals surface area (Å²) >= 11 is 0. The SMILES string of the molecule is Cc1nn(-c2cc(N3CCOCC3)ncn2)c(C)c1CCC(=O)N1CCOCC1. The van der Waals surface area contributed by atoms with Crippen LogP contribution < -0.4 is 4.90 Å². The first kappa shape index (κ1) is 19.8. The molecule has 0 saturated carbocycles. The maximum absolute atomic E-state index is 12.5. The normalized spacial score (nSPS) is 17.6. The van der Waals surface area contributed by atoms with Crippen molar-refractivity contribution in [1.82, 2.24) is 24.6 Å². The first-order chi connectivity index (χ1) is 14.1. The van der Waals surface area contributed by atoms with Gasteiger partial charge < -0.3 is 19.3 Å². The molecule has 9 nitrogen and oxygen atoms in total. The van der Waals surface area contributed by atoms with Gasteiger partial charge in [0.15, 0.2) is 5.82 Å². The maximum Gasteiger partial charge on any atom is 0.223 e. The summed E-state index contributed by atoms with van der Waals surface area (Å²) in [6.07, 6.45) is 2.74. The second kappa shape index (κ2) is 8.87. The van der Waals surface area contributed by atoms with Crippen molar-refractivity contribution in [1.29, 1.82) is 0 Å². The molecule has 2 saturated heterocycles. The molecule has 0 bridgehead atoms. The van der Waals surface area contributed by atoms with Crippen LogP contribution >= 0.6 is 0 Å². The second-order valence-corrected chi connectivity index (χ2v) is 7.39. The Kier molecular flexibility index (Phi) is 6.05. The summed E-state index contributed by atoms with van der Waals surface area (Å²) in [5.74, 6) is 1.80. The smallest absolute Gasteiger partial charge is 0.223 e. The van der Waals surface area contributed by atoms with Crippen LogP contribution in [-0.4, -0.2) is 83.2 Å². The molecule has 2 aliphatic rings. The number of nitrogens with zero attached hydrogens (tertiary/aromatic N) is 6. The van der Waals surface area contributed by atoms with Gasteiger partial charge in [0.05, 0.1) is 32.1 Å². The number of aromatic nitrogens is 4. The van der Waals surface area contributed by atoms with Crippen LogP contribution in [0.1, 0.15) is 23.4 Å². The molecular weight excluding hydrogens is 372 g/mol. The molecular formula is C20H28N6O3. The first-order valence-corrected chi connectivity index (χ1v) is 10.2. The molecule has 2 aromatic heterocycles. The highest BCUT2D eigenvalue weighted by Crippen LogP contribution is 2.21. The Hall–Kier alpha value is -2.52. The van der Waals surface area contributed by atoms with Crippen molar-refractivity contribution in [3.05, 3.63) is 29.3 Å². The number of hydrogen-bond acceptors (Lipinski definition) is 7. The summed E-state index contributed by atoms with van der Waals surface area (Å²) in [7, 11) is 0. The Morgan fingerprint density at radius 3 is 2.38 bits per heavy atom. The van der Waals surface area contributed by atoms with E-state index in [1.54, 1.807) is 6.33 Å². The number of carbonyl (C=O) groups is 1. The van der Waals surface area contributed by atoms with Gasteiger partial charge in [0.25, 0.3) is 0 Å². The van der Waals surface area contributed by atoms with Crippen molar-refractivity contribution in [2.75, 3.05) is 57.5 Å². The zero-order valence-corrected chi connectivity index (χ0v) is 17.1. The van der Waals surface area contributed by atoms with Crippen LogP contribution in [0.2, 0.25) is 0 Å². The van der Waals surface area contributed by atoms with E-state index in [0.717, 1.165) is 41.7 Å². The fourth-order valence-corrected chi connectivity index (χ4v) is 3.88. The summed E-state index contributed by atoms with van der Waals surface area (Å²) in [5.41, 5.74) is 3.06. The lowest BCUT2D eigenvalue weighted by Gasteiger charge is -2.27. The standard InChI is InChI=1S/C20H28N6O3/c1-15-17(3-4-20(27)25-7-11-29-12-8-25)16(2)26(23-15)19-13-18(21-14-22-19)24-5-9-28-10-6-24/h13-14H,3-12H2,1-2H3. The lowest BCUT2D eigenvalue weighted by atomic mass is 10.1. The molecule has 4 heterocycles. The molecule has 0 aliphatic carbocycles.